The van der Waals surface area contributed by atoms with E-state index in [1.165, 1.54) is 12.8 Å². The third kappa shape index (κ3) is 2.47. The third-order valence-electron chi connectivity index (χ3n) is 4.44. The zero-order chi connectivity index (χ0) is 16.0. The number of aryl methyl sites for hydroxylation is 2. The number of anilines is 1. The maximum Gasteiger partial charge on any atom is 0.165 e. The predicted octanol–water partition coefficient (Wildman–Crippen LogP) is 4.27. The molecule has 23 heavy (non-hydrogen) atoms. The molecule has 1 fully saturated rings. The lowest BCUT2D eigenvalue weighted by atomic mass is 10.1. The fourth-order valence-corrected chi connectivity index (χ4v) is 3.48. The Morgan fingerprint density at radius 3 is 2.43 bits per heavy atom. The molecule has 3 heterocycles. The van der Waals surface area contributed by atoms with Crippen molar-refractivity contribution >= 4 is 23.1 Å². The van der Waals surface area contributed by atoms with E-state index in [1.807, 2.05) is 42.6 Å². The van der Waals surface area contributed by atoms with Gasteiger partial charge in [-0.1, -0.05) is 23.7 Å². The first kappa shape index (κ1) is 14.5. The summed E-state index contributed by atoms with van der Waals surface area (Å²) in [6.45, 7) is 6.27. The van der Waals surface area contributed by atoms with E-state index in [-0.39, 0.29) is 0 Å². The van der Waals surface area contributed by atoms with Crippen LogP contribution in [0.15, 0.2) is 30.3 Å². The van der Waals surface area contributed by atoms with Crippen molar-refractivity contribution in [1.29, 1.82) is 0 Å². The molecule has 118 valence electrons. The van der Waals surface area contributed by atoms with Crippen LogP contribution in [0.4, 0.5) is 5.82 Å². The quantitative estimate of drug-likeness (QED) is 0.705. The highest BCUT2D eigenvalue weighted by atomic mass is 35.5. The highest BCUT2D eigenvalue weighted by Gasteiger charge is 2.20. The van der Waals surface area contributed by atoms with E-state index in [0.717, 1.165) is 52.1 Å². The summed E-state index contributed by atoms with van der Waals surface area (Å²) in [6.07, 6.45) is 2.49. The normalized spacial score (nSPS) is 14.8. The summed E-state index contributed by atoms with van der Waals surface area (Å²) in [5.74, 6) is 1.15. The van der Waals surface area contributed by atoms with Crippen molar-refractivity contribution in [2.24, 2.45) is 0 Å². The molecule has 5 heteroatoms. The van der Waals surface area contributed by atoms with Crippen LogP contribution in [0.1, 0.15) is 24.2 Å². The van der Waals surface area contributed by atoms with Crippen molar-refractivity contribution in [1.82, 2.24) is 14.6 Å². The van der Waals surface area contributed by atoms with Crippen LogP contribution in [-0.2, 0) is 0 Å². The number of fused-ring (bicyclic) bond motifs is 1. The van der Waals surface area contributed by atoms with Gasteiger partial charge in [-0.25, -0.2) is 4.98 Å². The summed E-state index contributed by atoms with van der Waals surface area (Å²) >= 11 is 6.02. The van der Waals surface area contributed by atoms with Crippen LogP contribution in [0.25, 0.3) is 16.8 Å². The molecule has 0 radical (unpaired) electrons. The van der Waals surface area contributed by atoms with Gasteiger partial charge in [-0.15, -0.1) is 0 Å². The molecule has 1 aromatic carbocycles. The van der Waals surface area contributed by atoms with Gasteiger partial charge in [-0.05, 0) is 44.4 Å². The molecule has 2 aromatic heterocycles. The van der Waals surface area contributed by atoms with E-state index in [1.54, 1.807) is 0 Å². The number of benzene rings is 1. The molecule has 0 spiro atoms. The molecule has 1 aliphatic rings. The monoisotopic (exact) mass is 326 g/mol. The van der Waals surface area contributed by atoms with Crippen LogP contribution in [0.5, 0.6) is 0 Å². The molecule has 0 amide bonds. The summed E-state index contributed by atoms with van der Waals surface area (Å²) in [4.78, 5) is 7.17. The van der Waals surface area contributed by atoms with Crippen LogP contribution in [0, 0.1) is 13.8 Å². The molecular formula is C18H19ClN4. The largest absolute Gasteiger partial charge is 0.356 e. The summed E-state index contributed by atoms with van der Waals surface area (Å²) in [5, 5.41) is 5.52. The average molecular weight is 327 g/mol. The molecule has 0 aliphatic carbocycles. The molecule has 0 N–H and O–H groups in total. The van der Waals surface area contributed by atoms with Crippen molar-refractivity contribution in [3.8, 4) is 11.1 Å². The first-order valence-corrected chi connectivity index (χ1v) is 8.39. The molecule has 1 aliphatic heterocycles. The van der Waals surface area contributed by atoms with Crippen molar-refractivity contribution in [2.75, 3.05) is 18.0 Å². The third-order valence-corrected chi connectivity index (χ3v) is 4.69. The lowest BCUT2D eigenvalue weighted by Gasteiger charge is -2.18. The van der Waals surface area contributed by atoms with E-state index < -0.39 is 0 Å². The Morgan fingerprint density at radius 1 is 1.04 bits per heavy atom. The Kier molecular flexibility index (Phi) is 3.49. The van der Waals surface area contributed by atoms with E-state index in [0.29, 0.717) is 0 Å². The van der Waals surface area contributed by atoms with Gasteiger partial charge in [0, 0.05) is 35.4 Å². The van der Waals surface area contributed by atoms with Gasteiger partial charge in [0.1, 0.15) is 5.82 Å². The van der Waals surface area contributed by atoms with Crippen LogP contribution in [-0.4, -0.2) is 27.7 Å². The minimum absolute atomic E-state index is 0.741. The number of nitrogens with zero attached hydrogens (tertiary/aromatic N) is 4. The maximum atomic E-state index is 6.02. The second-order valence-electron chi connectivity index (χ2n) is 6.15. The number of rotatable bonds is 2. The Hall–Kier alpha value is -2.07. The molecule has 3 aromatic rings. The van der Waals surface area contributed by atoms with Crippen molar-refractivity contribution in [3.63, 3.8) is 0 Å². The highest BCUT2D eigenvalue weighted by molar-refractivity contribution is 6.30. The minimum atomic E-state index is 0.741. The van der Waals surface area contributed by atoms with E-state index in [4.69, 9.17) is 21.7 Å². The lowest BCUT2D eigenvalue weighted by Crippen LogP contribution is -2.21. The van der Waals surface area contributed by atoms with Gasteiger partial charge in [0.2, 0.25) is 0 Å². The van der Waals surface area contributed by atoms with Gasteiger partial charge < -0.3 is 4.90 Å². The molecule has 0 saturated carbocycles. The van der Waals surface area contributed by atoms with Crippen LogP contribution in [0.3, 0.4) is 0 Å². The molecule has 0 unspecified atom stereocenters. The van der Waals surface area contributed by atoms with Crippen molar-refractivity contribution < 1.29 is 0 Å². The maximum absolute atomic E-state index is 6.02. The zero-order valence-corrected chi connectivity index (χ0v) is 14.1. The van der Waals surface area contributed by atoms with E-state index in [2.05, 4.69) is 11.0 Å². The molecule has 1 saturated heterocycles. The number of hydrogen-bond acceptors (Lipinski definition) is 3. The van der Waals surface area contributed by atoms with Crippen molar-refractivity contribution in [3.05, 3.63) is 46.7 Å². The Morgan fingerprint density at radius 2 is 1.74 bits per heavy atom. The van der Waals surface area contributed by atoms with Crippen LogP contribution < -0.4 is 4.90 Å². The summed E-state index contributed by atoms with van der Waals surface area (Å²) in [5.41, 5.74) is 5.13. The second kappa shape index (κ2) is 5.53. The molecule has 0 atom stereocenters. The molecule has 0 bridgehead atoms. The topological polar surface area (TPSA) is 33.4 Å². The zero-order valence-electron chi connectivity index (χ0n) is 13.4. The van der Waals surface area contributed by atoms with Crippen molar-refractivity contribution in [2.45, 2.75) is 26.7 Å². The fraction of sp³-hybridized carbons (Fsp3) is 0.333. The van der Waals surface area contributed by atoms with Gasteiger partial charge in [-0.3, -0.25) is 0 Å². The minimum Gasteiger partial charge on any atom is -0.356 e. The van der Waals surface area contributed by atoms with Gasteiger partial charge in [0.25, 0.3) is 0 Å². The second-order valence-corrected chi connectivity index (χ2v) is 6.59. The highest BCUT2D eigenvalue weighted by Crippen LogP contribution is 2.31. The standard InChI is InChI=1S/C18H19ClN4/c1-12-11-16(22-9-3-4-10-22)23-18(20-12)17(13(2)21-23)14-5-7-15(19)8-6-14/h5-8,11H,3-4,9-10H2,1-2H3. The Labute approximate surface area is 140 Å². The van der Waals surface area contributed by atoms with Crippen LogP contribution in [0.2, 0.25) is 5.02 Å². The number of halogens is 1. The summed E-state index contributed by atoms with van der Waals surface area (Å²) in [7, 11) is 0. The predicted molar refractivity (Wildman–Crippen MR) is 94.4 cm³/mol. The number of hydrogen-bond donors (Lipinski definition) is 0. The Bertz CT molecular complexity index is 861. The SMILES string of the molecule is Cc1cc(N2CCCC2)n2nc(C)c(-c3ccc(Cl)cc3)c2n1. The smallest absolute Gasteiger partial charge is 0.165 e. The average Bonchev–Trinajstić information content (AvgIpc) is 3.15. The summed E-state index contributed by atoms with van der Waals surface area (Å²) in [6, 6.07) is 10.0. The number of aromatic nitrogens is 3. The lowest BCUT2D eigenvalue weighted by molar-refractivity contribution is 0.837. The fourth-order valence-electron chi connectivity index (χ4n) is 3.35. The Balaban J connectivity index is 1.95. The van der Waals surface area contributed by atoms with E-state index in [9.17, 15) is 0 Å². The first-order chi connectivity index (χ1) is 11.1. The van der Waals surface area contributed by atoms with Gasteiger partial charge in [0.15, 0.2) is 5.65 Å². The van der Waals surface area contributed by atoms with Crippen LogP contribution >= 0.6 is 11.6 Å². The molecular weight excluding hydrogens is 308 g/mol. The van der Waals surface area contributed by atoms with Gasteiger partial charge in [-0.2, -0.15) is 9.61 Å². The molecule has 4 nitrogen and oxygen atoms in total. The first-order valence-electron chi connectivity index (χ1n) is 8.01. The van der Waals surface area contributed by atoms with Gasteiger partial charge in [0.05, 0.1) is 5.69 Å². The summed E-state index contributed by atoms with van der Waals surface area (Å²) < 4.78 is 2.00. The van der Waals surface area contributed by atoms with Gasteiger partial charge >= 0.3 is 0 Å². The molecule has 4 rings (SSSR count). The van der Waals surface area contributed by atoms with E-state index >= 15 is 0 Å².